The van der Waals surface area contributed by atoms with E-state index in [4.69, 9.17) is 5.11 Å². The lowest BCUT2D eigenvalue weighted by Crippen LogP contribution is -2.26. The number of pyridine rings is 1. The maximum atomic E-state index is 12.6. The van der Waals surface area contributed by atoms with Gasteiger partial charge in [-0.05, 0) is 77.2 Å². The molecule has 1 aromatic heterocycles. The number of halogens is 1. The minimum atomic E-state index is -3.71. The summed E-state index contributed by atoms with van der Waals surface area (Å²) >= 11 is 2.21. The van der Waals surface area contributed by atoms with Crippen molar-refractivity contribution in [3.63, 3.8) is 0 Å². The molecule has 9 heteroatoms. The zero-order chi connectivity index (χ0) is 20.9. The molecule has 0 unspecified atom stereocenters. The molecule has 3 aromatic rings. The van der Waals surface area contributed by atoms with Gasteiger partial charge in [-0.1, -0.05) is 6.07 Å². The maximum absolute atomic E-state index is 12.6. The van der Waals surface area contributed by atoms with Crippen LogP contribution in [0.4, 0.5) is 5.69 Å². The number of carbonyl (C=O) groups is 1. The summed E-state index contributed by atoms with van der Waals surface area (Å²) in [7, 11) is -3.71. The smallest absolute Gasteiger partial charge is 0.255 e. The Labute approximate surface area is 182 Å². The molecule has 0 atom stereocenters. The van der Waals surface area contributed by atoms with Crippen molar-refractivity contribution in [1.29, 1.82) is 0 Å². The van der Waals surface area contributed by atoms with Crippen LogP contribution >= 0.6 is 22.6 Å². The van der Waals surface area contributed by atoms with Gasteiger partial charge in [0, 0.05) is 33.1 Å². The molecule has 150 valence electrons. The first-order valence-electron chi connectivity index (χ1n) is 8.63. The number of nitrogens with one attached hydrogen (secondary N) is 2. The average Bonchev–Trinajstić information content (AvgIpc) is 2.74. The quantitative estimate of drug-likeness (QED) is 0.413. The lowest BCUT2D eigenvalue weighted by molar-refractivity contribution is 0.102. The monoisotopic (exact) mass is 523 g/mol. The normalized spacial score (nSPS) is 11.2. The Hall–Kier alpha value is -2.34. The third-order valence-corrected chi connectivity index (χ3v) is 6.41. The van der Waals surface area contributed by atoms with Gasteiger partial charge < -0.3 is 10.4 Å². The topological polar surface area (TPSA) is 108 Å². The van der Waals surface area contributed by atoms with Gasteiger partial charge in [0.15, 0.2) is 0 Å². The van der Waals surface area contributed by atoms with Gasteiger partial charge in [0.2, 0.25) is 10.0 Å². The molecule has 3 N–H and O–H groups in total. The summed E-state index contributed by atoms with van der Waals surface area (Å²) in [4.78, 5) is 16.9. The average molecular weight is 523 g/mol. The first-order chi connectivity index (χ1) is 13.9. The van der Waals surface area contributed by atoms with Crippen molar-refractivity contribution in [1.82, 2.24) is 9.71 Å². The molecule has 0 saturated heterocycles. The fourth-order valence-electron chi connectivity index (χ4n) is 2.57. The highest BCUT2D eigenvalue weighted by Crippen LogP contribution is 2.27. The van der Waals surface area contributed by atoms with E-state index in [0.29, 0.717) is 11.3 Å². The third kappa shape index (κ3) is 5.38. The van der Waals surface area contributed by atoms with Gasteiger partial charge in [-0.3, -0.25) is 9.78 Å². The van der Waals surface area contributed by atoms with E-state index in [1.807, 2.05) is 30.3 Å². The van der Waals surface area contributed by atoms with Crippen LogP contribution in [0.1, 0.15) is 10.4 Å². The third-order valence-electron chi connectivity index (χ3n) is 4.00. The van der Waals surface area contributed by atoms with E-state index >= 15 is 0 Å². The molecule has 0 spiro atoms. The van der Waals surface area contributed by atoms with Crippen molar-refractivity contribution in [3.8, 4) is 11.3 Å². The number of nitrogens with zero attached hydrogens (tertiary/aromatic N) is 1. The number of hydrogen-bond acceptors (Lipinski definition) is 5. The van der Waals surface area contributed by atoms with E-state index in [1.54, 1.807) is 12.3 Å². The summed E-state index contributed by atoms with van der Waals surface area (Å²) in [5.41, 5.74) is 2.64. The Kier molecular flexibility index (Phi) is 6.96. The van der Waals surface area contributed by atoms with Gasteiger partial charge in [0.1, 0.15) is 0 Å². The van der Waals surface area contributed by atoms with Crippen LogP contribution in [0.15, 0.2) is 71.8 Å². The van der Waals surface area contributed by atoms with E-state index < -0.39 is 10.0 Å². The molecule has 0 aliphatic rings. The predicted molar refractivity (Wildman–Crippen MR) is 119 cm³/mol. The van der Waals surface area contributed by atoms with E-state index in [0.717, 1.165) is 14.8 Å². The van der Waals surface area contributed by atoms with Crippen LogP contribution < -0.4 is 10.0 Å². The Morgan fingerprint density at radius 2 is 1.83 bits per heavy atom. The maximum Gasteiger partial charge on any atom is 0.255 e. The van der Waals surface area contributed by atoms with Crippen LogP contribution in [0.3, 0.4) is 0 Å². The van der Waals surface area contributed by atoms with E-state index in [1.165, 1.54) is 24.3 Å². The molecule has 0 fully saturated rings. The van der Waals surface area contributed by atoms with E-state index in [9.17, 15) is 13.2 Å². The molecule has 0 aliphatic heterocycles. The molecular weight excluding hydrogens is 505 g/mol. The SMILES string of the molecule is O=C(Nc1ccc(I)c(-c2ccccn2)c1)c1ccc(S(=O)(=O)NCCO)cc1. The van der Waals surface area contributed by atoms with Gasteiger partial charge in [-0.25, -0.2) is 13.1 Å². The first-order valence-corrected chi connectivity index (χ1v) is 11.2. The zero-order valence-electron chi connectivity index (χ0n) is 15.2. The molecule has 7 nitrogen and oxygen atoms in total. The molecule has 3 rings (SSSR count). The fraction of sp³-hybridized carbons (Fsp3) is 0.100. The summed E-state index contributed by atoms with van der Waals surface area (Å²) in [6.07, 6.45) is 1.71. The highest BCUT2D eigenvalue weighted by Gasteiger charge is 2.15. The number of amides is 1. The number of aromatic nitrogens is 1. The van der Waals surface area contributed by atoms with Crippen molar-refractivity contribution in [2.75, 3.05) is 18.5 Å². The molecule has 29 heavy (non-hydrogen) atoms. The van der Waals surface area contributed by atoms with Crippen LogP contribution in [0.5, 0.6) is 0 Å². The molecule has 1 heterocycles. The standard InChI is InChI=1S/C20H18IN3O4S/c21-18-9-6-15(13-17(18)19-3-1-2-10-22-19)24-20(26)14-4-7-16(8-5-14)29(27,28)23-11-12-25/h1-10,13,23,25H,11-12H2,(H,24,26). The number of carbonyl (C=O) groups excluding carboxylic acids is 1. The minimum absolute atomic E-state index is 0.0224. The molecule has 0 radical (unpaired) electrons. The number of benzene rings is 2. The molecule has 2 aromatic carbocycles. The van der Waals surface area contributed by atoms with Gasteiger partial charge in [-0.15, -0.1) is 0 Å². The minimum Gasteiger partial charge on any atom is -0.395 e. The van der Waals surface area contributed by atoms with Gasteiger partial charge in [0.25, 0.3) is 5.91 Å². The van der Waals surface area contributed by atoms with Crippen LogP contribution in [-0.4, -0.2) is 37.6 Å². The van der Waals surface area contributed by atoms with Crippen LogP contribution in [0.25, 0.3) is 11.3 Å². The van der Waals surface area contributed by atoms with Crippen molar-refractivity contribution in [2.24, 2.45) is 0 Å². The fourth-order valence-corrected chi connectivity index (χ4v) is 4.21. The number of anilines is 1. The summed E-state index contributed by atoms with van der Waals surface area (Å²) in [5, 5.41) is 11.6. The Bertz CT molecular complexity index is 1100. The van der Waals surface area contributed by atoms with Crippen molar-refractivity contribution in [3.05, 3.63) is 76.0 Å². The highest BCUT2D eigenvalue weighted by atomic mass is 127. The summed E-state index contributed by atoms with van der Waals surface area (Å²) < 4.78 is 27.3. The summed E-state index contributed by atoms with van der Waals surface area (Å²) in [6, 6.07) is 16.7. The second kappa shape index (κ2) is 9.44. The van der Waals surface area contributed by atoms with Gasteiger partial charge in [-0.2, -0.15) is 0 Å². The molecule has 1 amide bonds. The zero-order valence-corrected chi connectivity index (χ0v) is 18.1. The largest absolute Gasteiger partial charge is 0.395 e. The van der Waals surface area contributed by atoms with Crippen molar-refractivity contribution < 1.29 is 18.3 Å². The lowest BCUT2D eigenvalue weighted by Gasteiger charge is -2.10. The summed E-state index contributed by atoms with van der Waals surface area (Å²) in [5.74, 6) is -0.356. The Balaban J connectivity index is 1.77. The Morgan fingerprint density at radius 1 is 1.07 bits per heavy atom. The second-order valence-electron chi connectivity index (χ2n) is 6.01. The molecule has 0 aliphatic carbocycles. The Morgan fingerprint density at radius 3 is 2.48 bits per heavy atom. The van der Waals surface area contributed by atoms with Crippen LogP contribution in [0, 0.1) is 3.57 Å². The van der Waals surface area contributed by atoms with Crippen LogP contribution in [-0.2, 0) is 10.0 Å². The van der Waals surface area contributed by atoms with E-state index in [2.05, 4.69) is 37.6 Å². The van der Waals surface area contributed by atoms with Gasteiger partial charge >= 0.3 is 0 Å². The first kappa shape index (κ1) is 21.4. The number of aliphatic hydroxyl groups is 1. The molecule has 0 bridgehead atoms. The number of hydrogen-bond donors (Lipinski definition) is 3. The lowest BCUT2D eigenvalue weighted by atomic mass is 10.1. The van der Waals surface area contributed by atoms with Crippen LogP contribution in [0.2, 0.25) is 0 Å². The number of sulfonamides is 1. The highest BCUT2D eigenvalue weighted by molar-refractivity contribution is 14.1. The number of aliphatic hydroxyl groups excluding tert-OH is 1. The van der Waals surface area contributed by atoms with E-state index in [-0.39, 0.29) is 24.0 Å². The second-order valence-corrected chi connectivity index (χ2v) is 8.94. The number of rotatable bonds is 7. The molecular formula is C20H18IN3O4S. The van der Waals surface area contributed by atoms with Crippen molar-refractivity contribution in [2.45, 2.75) is 4.90 Å². The molecule has 0 saturated carbocycles. The summed E-state index contributed by atoms with van der Waals surface area (Å²) in [6.45, 7) is -0.369. The van der Waals surface area contributed by atoms with Gasteiger partial charge in [0.05, 0.1) is 17.2 Å². The predicted octanol–water partition coefficient (Wildman–Crippen LogP) is 2.88. The van der Waals surface area contributed by atoms with Crippen molar-refractivity contribution >= 4 is 44.2 Å².